The Labute approximate surface area is 74.4 Å². The van der Waals surface area contributed by atoms with Crippen LogP contribution in [0.25, 0.3) is 0 Å². The Bertz CT molecular complexity index is 394. The van der Waals surface area contributed by atoms with Crippen LogP contribution >= 0.6 is 0 Å². The molecular formula is C7H7N5O. The fraction of sp³-hybridized carbons (Fsp3) is 0.286. The molecule has 1 aromatic rings. The van der Waals surface area contributed by atoms with Gasteiger partial charge in [-0.2, -0.15) is 10.5 Å². The lowest BCUT2D eigenvalue weighted by Gasteiger charge is -2.01. The van der Waals surface area contributed by atoms with Crippen LogP contribution in [0.5, 0.6) is 0 Å². The lowest BCUT2D eigenvalue weighted by Crippen LogP contribution is -2.08. The van der Waals surface area contributed by atoms with Crippen molar-refractivity contribution in [3.05, 3.63) is 11.4 Å². The van der Waals surface area contributed by atoms with Crippen molar-refractivity contribution in [1.82, 2.24) is 9.55 Å². The lowest BCUT2D eigenvalue weighted by atomic mass is 10.3. The van der Waals surface area contributed by atoms with Crippen molar-refractivity contribution < 1.29 is 5.11 Å². The first-order valence-electron chi connectivity index (χ1n) is 3.51. The van der Waals surface area contributed by atoms with Crippen molar-refractivity contribution in [2.75, 3.05) is 12.3 Å². The van der Waals surface area contributed by atoms with Crippen molar-refractivity contribution >= 4 is 5.95 Å². The number of nitrogens with two attached hydrogens (primary N) is 1. The average Bonchev–Trinajstić information content (AvgIpc) is 2.44. The lowest BCUT2D eigenvalue weighted by molar-refractivity contribution is 0.276. The van der Waals surface area contributed by atoms with Gasteiger partial charge in [0.15, 0.2) is 11.4 Å². The molecule has 0 aliphatic rings. The van der Waals surface area contributed by atoms with Gasteiger partial charge in [-0.15, -0.1) is 0 Å². The second kappa shape index (κ2) is 3.57. The molecule has 3 N–H and O–H groups in total. The summed E-state index contributed by atoms with van der Waals surface area (Å²) in [6, 6.07) is 3.56. The van der Waals surface area contributed by atoms with Crippen LogP contribution in [0.2, 0.25) is 0 Å². The van der Waals surface area contributed by atoms with Crippen LogP contribution in [0.1, 0.15) is 11.4 Å². The minimum atomic E-state index is -0.153. The maximum atomic E-state index is 8.67. The molecule has 1 heterocycles. The molecule has 66 valence electrons. The molecular weight excluding hydrogens is 170 g/mol. The zero-order chi connectivity index (χ0) is 9.84. The summed E-state index contributed by atoms with van der Waals surface area (Å²) in [6.07, 6.45) is 0. The molecule has 13 heavy (non-hydrogen) atoms. The summed E-state index contributed by atoms with van der Waals surface area (Å²) in [7, 11) is 0. The van der Waals surface area contributed by atoms with Gasteiger partial charge in [-0.3, -0.25) is 4.57 Å². The van der Waals surface area contributed by atoms with Gasteiger partial charge in [0.2, 0.25) is 5.95 Å². The summed E-state index contributed by atoms with van der Waals surface area (Å²) >= 11 is 0. The van der Waals surface area contributed by atoms with Crippen LogP contribution < -0.4 is 5.73 Å². The number of aromatic nitrogens is 2. The van der Waals surface area contributed by atoms with Crippen LogP contribution in [-0.4, -0.2) is 21.3 Å². The molecule has 6 heteroatoms. The van der Waals surface area contributed by atoms with Crippen LogP contribution in [-0.2, 0) is 6.54 Å². The van der Waals surface area contributed by atoms with Crippen LogP contribution in [0.15, 0.2) is 0 Å². The standard InChI is InChI=1S/C7H7N5O/c8-3-5-6(4-9)12(1-2-13)7(10)11-5/h13H,1-2H2,(H2,10,11). The minimum Gasteiger partial charge on any atom is -0.395 e. The minimum absolute atomic E-state index is 0.00606. The maximum Gasteiger partial charge on any atom is 0.202 e. The number of hydrogen-bond donors (Lipinski definition) is 2. The predicted molar refractivity (Wildman–Crippen MR) is 43.2 cm³/mol. The molecule has 0 unspecified atom stereocenters. The van der Waals surface area contributed by atoms with E-state index < -0.39 is 0 Å². The first-order chi connectivity index (χ1) is 6.24. The smallest absolute Gasteiger partial charge is 0.202 e. The van der Waals surface area contributed by atoms with E-state index in [1.165, 1.54) is 4.57 Å². The Kier molecular flexibility index (Phi) is 2.48. The maximum absolute atomic E-state index is 8.67. The summed E-state index contributed by atoms with van der Waals surface area (Å²) < 4.78 is 1.30. The number of aliphatic hydroxyl groups excluding tert-OH is 1. The summed E-state index contributed by atoms with van der Waals surface area (Å²) in [5, 5.41) is 25.9. The number of rotatable bonds is 2. The number of nitrogen functional groups attached to an aromatic ring is 1. The highest BCUT2D eigenvalue weighted by atomic mass is 16.3. The van der Waals surface area contributed by atoms with Gasteiger partial charge in [0.1, 0.15) is 12.1 Å². The van der Waals surface area contributed by atoms with E-state index in [0.29, 0.717) is 0 Å². The molecule has 0 fully saturated rings. The molecule has 0 aliphatic heterocycles. The third kappa shape index (κ3) is 1.43. The van der Waals surface area contributed by atoms with Crippen LogP contribution in [0, 0.1) is 22.7 Å². The van der Waals surface area contributed by atoms with E-state index in [9.17, 15) is 0 Å². The number of imidazole rings is 1. The number of hydrogen-bond acceptors (Lipinski definition) is 5. The number of nitriles is 2. The van der Waals surface area contributed by atoms with E-state index in [4.69, 9.17) is 21.4 Å². The van der Waals surface area contributed by atoms with E-state index in [2.05, 4.69) is 4.98 Å². The van der Waals surface area contributed by atoms with Gasteiger partial charge in [-0.05, 0) is 0 Å². The monoisotopic (exact) mass is 177 g/mol. The van der Waals surface area contributed by atoms with Crippen molar-refractivity contribution in [3.8, 4) is 12.1 Å². The van der Waals surface area contributed by atoms with E-state index >= 15 is 0 Å². The van der Waals surface area contributed by atoms with E-state index in [1.807, 2.05) is 6.07 Å². The number of anilines is 1. The number of nitrogens with zero attached hydrogens (tertiary/aromatic N) is 4. The molecule has 0 spiro atoms. The van der Waals surface area contributed by atoms with Gasteiger partial charge in [0, 0.05) is 6.54 Å². The molecule has 0 bridgehead atoms. The highest BCUT2D eigenvalue weighted by molar-refractivity contribution is 5.43. The van der Waals surface area contributed by atoms with Gasteiger partial charge in [0.25, 0.3) is 0 Å². The summed E-state index contributed by atoms with van der Waals surface area (Å²) in [4.78, 5) is 3.66. The van der Waals surface area contributed by atoms with Gasteiger partial charge in [0.05, 0.1) is 6.61 Å². The van der Waals surface area contributed by atoms with Crippen LogP contribution in [0.3, 0.4) is 0 Å². The first kappa shape index (κ1) is 9.04. The molecule has 0 radical (unpaired) electrons. The Morgan fingerprint density at radius 3 is 2.62 bits per heavy atom. The average molecular weight is 177 g/mol. The normalized spacial score (nSPS) is 9.15. The van der Waals surface area contributed by atoms with Gasteiger partial charge in [-0.1, -0.05) is 0 Å². The Hall–Kier alpha value is -2.05. The molecule has 0 amide bonds. The van der Waals surface area contributed by atoms with Crippen LogP contribution in [0.4, 0.5) is 5.95 Å². The molecule has 0 aliphatic carbocycles. The summed E-state index contributed by atoms with van der Waals surface area (Å²) in [5.41, 5.74) is 5.50. The highest BCUT2D eigenvalue weighted by Gasteiger charge is 2.13. The van der Waals surface area contributed by atoms with Crippen molar-refractivity contribution in [2.24, 2.45) is 0 Å². The highest BCUT2D eigenvalue weighted by Crippen LogP contribution is 2.11. The third-order valence-corrected chi connectivity index (χ3v) is 1.53. The second-order valence-electron chi connectivity index (χ2n) is 2.27. The van der Waals surface area contributed by atoms with E-state index in [-0.39, 0.29) is 30.5 Å². The predicted octanol–water partition coefficient (Wildman–Crippen LogP) is -0.799. The zero-order valence-corrected chi connectivity index (χ0v) is 6.73. The third-order valence-electron chi connectivity index (χ3n) is 1.53. The van der Waals surface area contributed by atoms with E-state index in [0.717, 1.165) is 0 Å². The molecule has 0 aromatic carbocycles. The Morgan fingerprint density at radius 2 is 2.15 bits per heavy atom. The Morgan fingerprint density at radius 1 is 1.46 bits per heavy atom. The molecule has 0 saturated heterocycles. The summed E-state index contributed by atoms with van der Waals surface area (Å²) in [5.74, 6) is 0.0714. The largest absolute Gasteiger partial charge is 0.395 e. The van der Waals surface area contributed by atoms with Gasteiger partial charge in [-0.25, -0.2) is 4.98 Å². The van der Waals surface area contributed by atoms with Gasteiger partial charge >= 0.3 is 0 Å². The first-order valence-corrected chi connectivity index (χ1v) is 3.51. The second-order valence-corrected chi connectivity index (χ2v) is 2.27. The topological polar surface area (TPSA) is 112 Å². The quantitative estimate of drug-likeness (QED) is 0.614. The molecule has 1 aromatic heterocycles. The summed E-state index contributed by atoms with van der Waals surface area (Å²) in [6.45, 7) is 0.0174. The molecule has 0 saturated carbocycles. The zero-order valence-electron chi connectivity index (χ0n) is 6.73. The van der Waals surface area contributed by atoms with Crippen molar-refractivity contribution in [1.29, 1.82) is 10.5 Å². The fourth-order valence-electron chi connectivity index (χ4n) is 0.988. The van der Waals surface area contributed by atoms with Gasteiger partial charge < -0.3 is 10.8 Å². The number of aliphatic hydroxyl groups is 1. The SMILES string of the molecule is N#Cc1nc(N)n(CCO)c1C#N. The van der Waals surface area contributed by atoms with E-state index in [1.54, 1.807) is 6.07 Å². The van der Waals surface area contributed by atoms with Crippen molar-refractivity contribution in [2.45, 2.75) is 6.54 Å². The fourth-order valence-corrected chi connectivity index (χ4v) is 0.988. The van der Waals surface area contributed by atoms with Crippen molar-refractivity contribution in [3.63, 3.8) is 0 Å². The Balaban J connectivity index is 3.27. The molecule has 6 nitrogen and oxygen atoms in total. The molecule has 1 rings (SSSR count). The molecule has 0 atom stereocenters.